The van der Waals surface area contributed by atoms with Crippen LogP contribution in [0.2, 0.25) is 0 Å². The summed E-state index contributed by atoms with van der Waals surface area (Å²) in [6.45, 7) is 6.55. The van der Waals surface area contributed by atoms with E-state index in [2.05, 4.69) is 33.1 Å². The number of para-hydroxylation sites is 1. The molecule has 1 aliphatic heterocycles. The second-order valence-corrected chi connectivity index (χ2v) is 17.4. The number of amides is 6. The molecule has 4 rings (SSSR count). The Morgan fingerprint density at radius 1 is 0.700 bits per heavy atom. The number of nitrogens with zero attached hydrogens (tertiary/aromatic N) is 1. The Hall–Kier alpha value is -6.04. The summed E-state index contributed by atoms with van der Waals surface area (Å²) >= 11 is 0. The van der Waals surface area contributed by atoms with Crippen LogP contribution >= 0.6 is 0 Å². The van der Waals surface area contributed by atoms with Gasteiger partial charge in [-0.3, -0.25) is 28.8 Å². The van der Waals surface area contributed by atoms with Crippen LogP contribution in [-0.4, -0.2) is 126 Å². The molecule has 2 aromatic carbocycles. The summed E-state index contributed by atoms with van der Waals surface area (Å²) in [5.74, 6) is 3.81. The molecule has 6 amide bonds. The van der Waals surface area contributed by atoms with Crippen molar-refractivity contribution < 1.29 is 52.5 Å². The maximum absolute atomic E-state index is 13.4. The number of rotatable bonds is 31. The Balaban J connectivity index is 1.01. The molecular weight excluding hydrogens is 901 g/mol. The highest BCUT2D eigenvalue weighted by Crippen LogP contribution is 2.26. The molecule has 1 unspecified atom stereocenters. The van der Waals surface area contributed by atoms with Gasteiger partial charge in [-0.05, 0) is 68.2 Å². The predicted octanol–water partition coefficient (Wildman–Crippen LogP) is 2.16. The molecule has 0 bridgehead atoms. The Morgan fingerprint density at radius 3 is 2.06 bits per heavy atom. The van der Waals surface area contributed by atoms with Crippen LogP contribution in [0.5, 0.6) is 0 Å². The number of anilines is 1. The minimum atomic E-state index is -0.939. The molecule has 10 N–H and O–H groups in total. The fourth-order valence-electron chi connectivity index (χ4n) is 7.63. The van der Waals surface area contributed by atoms with E-state index in [1.54, 1.807) is 18.7 Å². The molecule has 19 nitrogen and oxygen atoms in total. The molecule has 0 aromatic heterocycles. The summed E-state index contributed by atoms with van der Waals surface area (Å²) in [5.41, 5.74) is 22.2. The molecule has 384 valence electrons. The highest BCUT2D eigenvalue weighted by Gasteiger charge is 2.28. The molecule has 0 spiro atoms. The number of carbonyl (C=O) groups excluding carboxylic acids is 6. The number of carbonyl (C=O) groups is 6. The van der Waals surface area contributed by atoms with Gasteiger partial charge in [-0.2, -0.15) is 0 Å². The summed E-state index contributed by atoms with van der Waals surface area (Å²) in [6, 6.07) is 13.4. The quantitative estimate of drug-likeness (QED) is 0.0422. The first-order valence-electron chi connectivity index (χ1n) is 24.4. The number of nitrogens with two attached hydrogens (primary N) is 3. The molecule has 19 heteroatoms. The number of ether oxygens (including phenoxy) is 5. The summed E-state index contributed by atoms with van der Waals surface area (Å²) in [5, 5.41) is 11.0. The van der Waals surface area contributed by atoms with Gasteiger partial charge in [0.15, 0.2) is 0 Å². The zero-order chi connectivity index (χ0) is 50.5. The summed E-state index contributed by atoms with van der Waals surface area (Å²) in [4.78, 5) is 78.1. The van der Waals surface area contributed by atoms with E-state index in [1.807, 2.05) is 48.5 Å². The van der Waals surface area contributed by atoms with Gasteiger partial charge in [-0.1, -0.05) is 68.9 Å². The minimum Gasteiger partial charge on any atom is -0.401 e. The van der Waals surface area contributed by atoms with Gasteiger partial charge in [0.2, 0.25) is 35.4 Å². The maximum atomic E-state index is 13.4. The smallest absolute Gasteiger partial charge is 0.246 e. The van der Waals surface area contributed by atoms with Crippen LogP contribution in [0.1, 0.15) is 101 Å². The number of nitrogens with one attached hydrogen (secondary N) is 4. The number of unbranched alkanes of at least 4 members (excludes halogenated alkanes) is 1. The number of primary amides is 1. The van der Waals surface area contributed by atoms with Crippen LogP contribution in [0.25, 0.3) is 0 Å². The maximum Gasteiger partial charge on any atom is 0.246 e. The van der Waals surface area contributed by atoms with Crippen molar-refractivity contribution in [3.05, 3.63) is 76.6 Å². The van der Waals surface area contributed by atoms with Crippen molar-refractivity contribution in [2.75, 3.05) is 77.5 Å². The number of hydrogen-bond acceptors (Lipinski definition) is 13. The van der Waals surface area contributed by atoms with Crippen molar-refractivity contribution in [3.63, 3.8) is 0 Å². The zero-order valence-electron chi connectivity index (χ0n) is 40.9. The lowest BCUT2D eigenvalue weighted by Crippen LogP contribution is -2.54. The van der Waals surface area contributed by atoms with Crippen molar-refractivity contribution in [1.29, 1.82) is 0 Å². The molecule has 0 saturated heterocycles. The van der Waals surface area contributed by atoms with Crippen LogP contribution < -0.4 is 43.4 Å². The predicted molar refractivity (Wildman–Crippen MR) is 263 cm³/mol. The third-order valence-electron chi connectivity index (χ3n) is 11.6. The average molecular weight is 975 g/mol. The van der Waals surface area contributed by atoms with Crippen LogP contribution in [0.3, 0.4) is 0 Å². The molecule has 0 saturated carbocycles. The first-order chi connectivity index (χ1) is 33.8. The average Bonchev–Trinajstić information content (AvgIpc) is 3.33. The van der Waals surface area contributed by atoms with Crippen LogP contribution in [-0.2, 0) is 59.0 Å². The summed E-state index contributed by atoms with van der Waals surface area (Å²) in [6.07, 6.45) is 5.30. The Labute approximate surface area is 412 Å². The monoisotopic (exact) mass is 975 g/mol. The van der Waals surface area contributed by atoms with E-state index in [1.165, 1.54) is 0 Å². The molecule has 70 heavy (non-hydrogen) atoms. The van der Waals surface area contributed by atoms with Crippen LogP contribution in [0, 0.1) is 17.8 Å². The van der Waals surface area contributed by atoms with Gasteiger partial charge in [0.25, 0.3) is 0 Å². The van der Waals surface area contributed by atoms with Gasteiger partial charge in [-0.25, -0.2) is 0 Å². The fourth-order valence-corrected chi connectivity index (χ4v) is 7.63. The first-order valence-corrected chi connectivity index (χ1v) is 24.4. The molecule has 0 fully saturated rings. The molecule has 2 aliphatic rings. The number of hydrogen-bond donors (Lipinski definition) is 7. The van der Waals surface area contributed by atoms with Crippen molar-refractivity contribution in [2.45, 2.75) is 109 Å². The number of benzene rings is 2. The van der Waals surface area contributed by atoms with Crippen LogP contribution in [0.15, 0.2) is 59.9 Å². The highest BCUT2D eigenvalue weighted by atomic mass is 16.6. The Kier molecular flexibility index (Phi) is 25.8. The Bertz CT molecular complexity index is 2110. The topological polar surface area (TPSA) is 278 Å². The lowest BCUT2D eigenvalue weighted by atomic mass is 10.00. The van der Waals surface area contributed by atoms with Gasteiger partial charge in [0.05, 0.1) is 76.9 Å². The lowest BCUT2D eigenvalue weighted by molar-refractivity contribution is -0.132. The minimum absolute atomic E-state index is 0.0115. The van der Waals surface area contributed by atoms with E-state index < -0.39 is 35.9 Å². The first kappa shape index (κ1) is 56.5. The summed E-state index contributed by atoms with van der Waals surface area (Å²) < 4.78 is 28.0. The Morgan fingerprint density at radius 2 is 1.34 bits per heavy atom. The van der Waals surface area contributed by atoms with E-state index in [0.717, 1.165) is 41.6 Å². The van der Waals surface area contributed by atoms with E-state index in [4.69, 9.17) is 40.9 Å². The van der Waals surface area contributed by atoms with Gasteiger partial charge in [0.1, 0.15) is 18.7 Å². The molecule has 1 aliphatic carbocycles. The SMILES string of the molecule is CC(C)[C@H](NC(=O)[C@@H](CCCCNC(=O)COC1CCCCCC(N)=C1N)NC(=O)CCOCCOCCOCCOCCNC(=O)CCC(=O)N1Cc2ccccc2C#Cc2ccccc21)C(N)=O. The molecule has 3 atom stereocenters. The standard InChI is InChI=1S/C51H74N8O11/c1-36(2)49(50(54)64)58-51(65)41(16-10-11-24-55-46(62)35-70-43-18-5-3-4-15-40(52)48(43)53)57-45(61)23-26-66-28-30-68-32-33-69-31-29-67-27-25-56-44(60)21-22-47(63)59-34-39-14-7-6-12-37(39)19-20-38-13-8-9-17-42(38)59/h6-9,12-14,17,36,41,43,49H,3-5,10-11,15-16,18,21-35,52-53H2,1-2H3,(H2,54,64)(H,55,62)(H,56,60)(H,57,61)(H,58,65)/t41-,43?,49+/m1/s1. The largest absolute Gasteiger partial charge is 0.401 e. The van der Waals surface area contributed by atoms with Crippen molar-refractivity contribution in [1.82, 2.24) is 21.3 Å². The van der Waals surface area contributed by atoms with E-state index in [9.17, 15) is 28.8 Å². The third-order valence-corrected chi connectivity index (χ3v) is 11.6. The lowest BCUT2D eigenvalue weighted by Gasteiger charge is -2.26. The fraction of sp³-hybridized carbons (Fsp3) is 0.569. The van der Waals surface area contributed by atoms with E-state index in [-0.39, 0.29) is 82.4 Å². The molecular formula is C51H74N8O11. The van der Waals surface area contributed by atoms with E-state index in [0.29, 0.717) is 83.1 Å². The zero-order valence-corrected chi connectivity index (χ0v) is 40.9. The van der Waals surface area contributed by atoms with Gasteiger partial charge >= 0.3 is 0 Å². The second-order valence-electron chi connectivity index (χ2n) is 17.4. The van der Waals surface area contributed by atoms with Crippen LogP contribution in [0.4, 0.5) is 5.69 Å². The van der Waals surface area contributed by atoms with Crippen molar-refractivity contribution in [3.8, 4) is 11.8 Å². The normalized spacial score (nSPS) is 15.4. The van der Waals surface area contributed by atoms with E-state index >= 15 is 0 Å². The van der Waals surface area contributed by atoms with Gasteiger partial charge in [-0.15, -0.1) is 0 Å². The number of fused-ring (bicyclic) bond motifs is 2. The van der Waals surface area contributed by atoms with Gasteiger partial charge < -0.3 is 67.1 Å². The summed E-state index contributed by atoms with van der Waals surface area (Å²) in [7, 11) is 0. The second kappa shape index (κ2) is 32.0. The molecule has 1 heterocycles. The molecule has 2 aromatic rings. The third kappa shape index (κ3) is 20.9. The van der Waals surface area contributed by atoms with Gasteiger partial charge in [0, 0.05) is 49.2 Å². The molecule has 0 radical (unpaired) electrons. The van der Waals surface area contributed by atoms with Crippen molar-refractivity contribution >= 4 is 41.1 Å². The number of allylic oxidation sites excluding steroid dienone is 1. The highest BCUT2D eigenvalue weighted by molar-refractivity contribution is 5.97. The van der Waals surface area contributed by atoms with Crippen molar-refractivity contribution in [2.24, 2.45) is 23.1 Å².